The van der Waals surface area contributed by atoms with Gasteiger partial charge in [0.1, 0.15) is 5.75 Å². The fraction of sp³-hybridized carbons (Fsp3) is 0.294. The van der Waals surface area contributed by atoms with Crippen LogP contribution in [0.1, 0.15) is 36.8 Å². The number of aromatic nitrogens is 1. The van der Waals surface area contributed by atoms with Crippen molar-refractivity contribution >= 4 is 17.6 Å². The second-order valence-electron chi connectivity index (χ2n) is 5.16. The normalized spacial score (nSPS) is 10.8. The molecule has 0 aliphatic carbocycles. The quantitative estimate of drug-likeness (QED) is 0.884. The predicted octanol–water partition coefficient (Wildman–Crippen LogP) is 4.45. The molecular formula is C17H18ClNO3. The first-order chi connectivity index (χ1) is 10.4. The van der Waals surface area contributed by atoms with Crippen molar-refractivity contribution in [3.05, 3.63) is 46.6 Å². The van der Waals surface area contributed by atoms with Gasteiger partial charge in [0.2, 0.25) is 0 Å². The third-order valence-corrected chi connectivity index (χ3v) is 3.36. The number of carboxylic acids is 1. The molecule has 0 aliphatic rings. The number of hydrogen-bond acceptors (Lipinski definition) is 3. The van der Waals surface area contributed by atoms with E-state index in [1.54, 1.807) is 24.3 Å². The van der Waals surface area contributed by atoms with Crippen LogP contribution < -0.4 is 4.74 Å². The minimum absolute atomic E-state index is 0.00107. The summed E-state index contributed by atoms with van der Waals surface area (Å²) < 4.78 is 5.79. The Bertz CT molecular complexity index is 698. The molecule has 1 aromatic carbocycles. The molecule has 22 heavy (non-hydrogen) atoms. The summed E-state index contributed by atoms with van der Waals surface area (Å²) in [5.41, 5.74) is 2.25. The fourth-order valence-electron chi connectivity index (χ4n) is 2.17. The Hall–Kier alpha value is -2.07. The summed E-state index contributed by atoms with van der Waals surface area (Å²) in [6.45, 7) is 5.75. The Morgan fingerprint density at radius 2 is 2.05 bits per heavy atom. The molecule has 2 aromatic rings. The molecule has 0 fully saturated rings. The zero-order valence-corrected chi connectivity index (χ0v) is 13.5. The number of carboxylic acid groups (broad SMARTS) is 1. The van der Waals surface area contributed by atoms with Crippen molar-refractivity contribution in [2.24, 2.45) is 0 Å². The molecule has 0 radical (unpaired) electrons. The molecule has 116 valence electrons. The minimum Gasteiger partial charge on any atom is -0.490 e. The van der Waals surface area contributed by atoms with E-state index in [0.717, 1.165) is 5.56 Å². The van der Waals surface area contributed by atoms with Gasteiger partial charge in [0.15, 0.2) is 0 Å². The first-order valence-electron chi connectivity index (χ1n) is 7.12. The number of ether oxygens (including phenoxy) is 1. The minimum atomic E-state index is -0.967. The molecule has 5 heteroatoms. The van der Waals surface area contributed by atoms with Crippen molar-refractivity contribution in [2.45, 2.75) is 33.3 Å². The smallest absolute Gasteiger partial charge is 0.337 e. The lowest BCUT2D eigenvalue weighted by molar-refractivity contribution is 0.0695. The number of benzene rings is 1. The number of pyridine rings is 1. The summed E-state index contributed by atoms with van der Waals surface area (Å²) in [5.74, 6) is -0.328. The van der Waals surface area contributed by atoms with Crippen molar-refractivity contribution in [1.82, 2.24) is 4.98 Å². The highest BCUT2D eigenvalue weighted by molar-refractivity contribution is 6.30. The first kappa shape index (κ1) is 16.3. The molecule has 0 saturated heterocycles. The largest absolute Gasteiger partial charge is 0.490 e. The van der Waals surface area contributed by atoms with E-state index in [2.05, 4.69) is 4.98 Å². The number of hydrogen-bond donors (Lipinski definition) is 1. The Morgan fingerprint density at radius 1 is 1.32 bits per heavy atom. The highest BCUT2D eigenvalue weighted by atomic mass is 35.5. The number of aryl methyl sites for hydroxylation is 1. The van der Waals surface area contributed by atoms with Gasteiger partial charge in [-0.3, -0.25) is 4.98 Å². The van der Waals surface area contributed by atoms with Crippen LogP contribution in [0.25, 0.3) is 11.3 Å². The molecule has 1 aromatic heterocycles. The zero-order valence-electron chi connectivity index (χ0n) is 12.8. The Balaban J connectivity index is 2.54. The third-order valence-electron chi connectivity index (χ3n) is 3.12. The Labute approximate surface area is 134 Å². The van der Waals surface area contributed by atoms with E-state index < -0.39 is 5.97 Å². The zero-order chi connectivity index (χ0) is 16.3. The van der Waals surface area contributed by atoms with Crippen molar-refractivity contribution in [1.29, 1.82) is 0 Å². The van der Waals surface area contributed by atoms with Crippen LogP contribution in [0, 0.1) is 0 Å². The average molecular weight is 320 g/mol. The summed E-state index contributed by atoms with van der Waals surface area (Å²) in [5, 5.41) is 9.77. The van der Waals surface area contributed by atoms with Crippen molar-refractivity contribution in [3.8, 4) is 17.0 Å². The van der Waals surface area contributed by atoms with Gasteiger partial charge in [0, 0.05) is 10.6 Å². The molecule has 1 N–H and O–H groups in total. The molecule has 4 nitrogen and oxygen atoms in total. The fourth-order valence-corrected chi connectivity index (χ4v) is 2.34. The maximum absolute atomic E-state index is 11.2. The molecule has 0 saturated carbocycles. The van der Waals surface area contributed by atoms with Crippen LogP contribution in [0.2, 0.25) is 5.02 Å². The summed E-state index contributed by atoms with van der Waals surface area (Å²) in [6.07, 6.45) is 0.546. The predicted molar refractivity (Wildman–Crippen MR) is 86.8 cm³/mol. The van der Waals surface area contributed by atoms with E-state index in [9.17, 15) is 9.90 Å². The van der Waals surface area contributed by atoms with E-state index in [1.807, 2.05) is 26.8 Å². The number of rotatable bonds is 5. The van der Waals surface area contributed by atoms with Gasteiger partial charge in [0.25, 0.3) is 0 Å². The van der Waals surface area contributed by atoms with Gasteiger partial charge in [0.05, 0.1) is 23.1 Å². The van der Waals surface area contributed by atoms with Crippen LogP contribution >= 0.6 is 11.6 Å². The average Bonchev–Trinajstić information content (AvgIpc) is 2.46. The van der Waals surface area contributed by atoms with Crippen LogP contribution in [-0.2, 0) is 6.42 Å². The molecular weight excluding hydrogens is 302 g/mol. The molecule has 2 rings (SSSR count). The van der Waals surface area contributed by atoms with Crippen molar-refractivity contribution in [3.63, 3.8) is 0 Å². The highest BCUT2D eigenvalue weighted by Gasteiger charge is 2.15. The molecule has 0 bridgehead atoms. The second kappa shape index (κ2) is 6.79. The van der Waals surface area contributed by atoms with E-state index in [1.165, 1.54) is 0 Å². The summed E-state index contributed by atoms with van der Waals surface area (Å²) in [4.78, 5) is 15.7. The van der Waals surface area contributed by atoms with Crippen molar-refractivity contribution < 1.29 is 14.6 Å². The van der Waals surface area contributed by atoms with Gasteiger partial charge in [-0.1, -0.05) is 18.5 Å². The Kier molecular flexibility index (Phi) is 5.03. The lowest BCUT2D eigenvalue weighted by atomic mass is 10.1. The van der Waals surface area contributed by atoms with E-state index in [-0.39, 0.29) is 11.7 Å². The van der Waals surface area contributed by atoms with Crippen LogP contribution in [0.3, 0.4) is 0 Å². The lowest BCUT2D eigenvalue weighted by Gasteiger charge is -2.15. The molecule has 0 unspecified atom stereocenters. The van der Waals surface area contributed by atoms with Crippen LogP contribution in [0.15, 0.2) is 30.3 Å². The number of carbonyl (C=O) groups is 1. The third kappa shape index (κ3) is 3.57. The maximum atomic E-state index is 11.2. The summed E-state index contributed by atoms with van der Waals surface area (Å²) in [6, 6.07) is 8.62. The van der Waals surface area contributed by atoms with Gasteiger partial charge < -0.3 is 9.84 Å². The van der Waals surface area contributed by atoms with Gasteiger partial charge >= 0.3 is 5.97 Å². The van der Waals surface area contributed by atoms with Crippen LogP contribution in [-0.4, -0.2) is 22.2 Å². The van der Waals surface area contributed by atoms with Crippen molar-refractivity contribution in [2.75, 3.05) is 0 Å². The van der Waals surface area contributed by atoms with Gasteiger partial charge in [-0.25, -0.2) is 4.79 Å². The number of aromatic carboxylic acids is 1. The standard InChI is InChI=1S/C17H18ClNO3/c1-4-14-13(17(20)21)7-8-15(19-14)12-6-5-11(18)9-16(12)22-10(2)3/h5-10H,4H2,1-3H3,(H,20,21). The topological polar surface area (TPSA) is 59.4 Å². The van der Waals surface area contributed by atoms with E-state index in [0.29, 0.717) is 28.6 Å². The molecule has 0 amide bonds. The monoisotopic (exact) mass is 319 g/mol. The molecule has 0 atom stereocenters. The van der Waals surface area contributed by atoms with E-state index >= 15 is 0 Å². The molecule has 0 spiro atoms. The SMILES string of the molecule is CCc1nc(-c2ccc(Cl)cc2OC(C)C)ccc1C(=O)O. The number of nitrogens with zero attached hydrogens (tertiary/aromatic N) is 1. The maximum Gasteiger partial charge on any atom is 0.337 e. The van der Waals surface area contributed by atoms with E-state index in [4.69, 9.17) is 16.3 Å². The number of halogens is 1. The van der Waals surface area contributed by atoms with Crippen LogP contribution in [0.5, 0.6) is 5.75 Å². The Morgan fingerprint density at radius 3 is 2.64 bits per heavy atom. The summed E-state index contributed by atoms with van der Waals surface area (Å²) in [7, 11) is 0. The lowest BCUT2D eigenvalue weighted by Crippen LogP contribution is -2.08. The second-order valence-corrected chi connectivity index (χ2v) is 5.59. The van der Waals surface area contributed by atoms with Gasteiger partial charge in [-0.2, -0.15) is 0 Å². The summed E-state index contributed by atoms with van der Waals surface area (Å²) >= 11 is 6.03. The van der Waals surface area contributed by atoms with Gasteiger partial charge in [-0.05, 0) is 50.6 Å². The highest BCUT2D eigenvalue weighted by Crippen LogP contribution is 2.32. The molecule has 0 aliphatic heterocycles. The van der Waals surface area contributed by atoms with Gasteiger partial charge in [-0.15, -0.1) is 0 Å². The molecule has 1 heterocycles. The van der Waals surface area contributed by atoms with Crippen LogP contribution in [0.4, 0.5) is 0 Å². The first-order valence-corrected chi connectivity index (χ1v) is 7.50.